The van der Waals surface area contributed by atoms with Crippen molar-refractivity contribution >= 4 is 22.9 Å². The SMILES string of the molecule is CN(Cc1cnc(Cl)cn1)Cc1cccs1. The Kier molecular flexibility index (Phi) is 3.88. The first-order valence-electron chi connectivity index (χ1n) is 4.91. The van der Waals surface area contributed by atoms with Crippen molar-refractivity contribution in [3.63, 3.8) is 0 Å². The fourth-order valence-electron chi connectivity index (χ4n) is 1.42. The van der Waals surface area contributed by atoms with Crippen LogP contribution in [0.5, 0.6) is 0 Å². The molecule has 2 heterocycles. The Morgan fingerprint density at radius 2 is 2.19 bits per heavy atom. The van der Waals surface area contributed by atoms with Gasteiger partial charge in [0.1, 0.15) is 5.15 Å². The first-order chi connectivity index (χ1) is 7.74. The molecular formula is C11H12ClN3S. The van der Waals surface area contributed by atoms with E-state index in [-0.39, 0.29) is 0 Å². The van der Waals surface area contributed by atoms with Gasteiger partial charge in [0, 0.05) is 18.0 Å². The Labute approximate surface area is 104 Å². The molecule has 16 heavy (non-hydrogen) atoms. The van der Waals surface area contributed by atoms with Crippen LogP contribution in [0.25, 0.3) is 0 Å². The third-order valence-corrected chi connectivity index (χ3v) is 3.17. The van der Waals surface area contributed by atoms with Crippen LogP contribution in [0.2, 0.25) is 5.15 Å². The normalized spacial score (nSPS) is 10.9. The fourth-order valence-corrected chi connectivity index (χ4v) is 2.30. The summed E-state index contributed by atoms with van der Waals surface area (Å²) in [6.45, 7) is 1.71. The highest BCUT2D eigenvalue weighted by molar-refractivity contribution is 7.09. The van der Waals surface area contributed by atoms with E-state index in [2.05, 4.69) is 39.4 Å². The standard InChI is InChI=1S/C11H12ClN3S/c1-15(8-10-3-2-4-16-10)7-9-5-14-11(12)6-13-9/h2-6H,7-8H2,1H3. The smallest absolute Gasteiger partial charge is 0.147 e. The zero-order chi connectivity index (χ0) is 11.4. The molecule has 84 valence electrons. The predicted molar refractivity (Wildman–Crippen MR) is 66.5 cm³/mol. The summed E-state index contributed by atoms with van der Waals surface area (Å²) >= 11 is 7.44. The molecule has 0 fully saturated rings. The van der Waals surface area contributed by atoms with Crippen LogP contribution >= 0.6 is 22.9 Å². The summed E-state index contributed by atoms with van der Waals surface area (Å²) in [6.07, 6.45) is 3.29. The summed E-state index contributed by atoms with van der Waals surface area (Å²) in [7, 11) is 2.07. The highest BCUT2D eigenvalue weighted by atomic mass is 35.5. The molecule has 0 saturated heterocycles. The molecule has 0 radical (unpaired) electrons. The van der Waals surface area contributed by atoms with Gasteiger partial charge in [0.2, 0.25) is 0 Å². The van der Waals surface area contributed by atoms with E-state index in [1.807, 2.05) is 0 Å². The number of aromatic nitrogens is 2. The summed E-state index contributed by atoms with van der Waals surface area (Å²) < 4.78 is 0. The molecule has 3 nitrogen and oxygen atoms in total. The van der Waals surface area contributed by atoms with Gasteiger partial charge in [0.05, 0.1) is 18.1 Å². The van der Waals surface area contributed by atoms with E-state index in [4.69, 9.17) is 11.6 Å². The van der Waals surface area contributed by atoms with Gasteiger partial charge in [-0.3, -0.25) is 9.88 Å². The molecule has 0 aromatic carbocycles. The molecule has 0 atom stereocenters. The third-order valence-electron chi connectivity index (χ3n) is 2.11. The molecule has 5 heteroatoms. The van der Waals surface area contributed by atoms with Crippen LogP contribution in [0.15, 0.2) is 29.9 Å². The van der Waals surface area contributed by atoms with Crippen LogP contribution in [0, 0.1) is 0 Å². The monoisotopic (exact) mass is 253 g/mol. The average molecular weight is 254 g/mol. The Balaban J connectivity index is 1.92. The van der Waals surface area contributed by atoms with Crippen molar-refractivity contribution in [2.24, 2.45) is 0 Å². The minimum Gasteiger partial charge on any atom is -0.295 e. The summed E-state index contributed by atoms with van der Waals surface area (Å²) in [5.41, 5.74) is 0.934. The highest BCUT2D eigenvalue weighted by Gasteiger charge is 2.03. The van der Waals surface area contributed by atoms with E-state index in [0.717, 1.165) is 18.8 Å². The third kappa shape index (κ3) is 3.27. The van der Waals surface area contributed by atoms with E-state index in [0.29, 0.717) is 5.15 Å². The first-order valence-corrected chi connectivity index (χ1v) is 6.17. The predicted octanol–water partition coefficient (Wildman–Crippen LogP) is 2.82. The lowest BCUT2D eigenvalue weighted by Crippen LogP contribution is -2.17. The van der Waals surface area contributed by atoms with Crippen LogP contribution in [0.4, 0.5) is 0 Å². The van der Waals surface area contributed by atoms with Gasteiger partial charge in [-0.05, 0) is 18.5 Å². The van der Waals surface area contributed by atoms with Crippen LogP contribution in [-0.2, 0) is 13.1 Å². The number of hydrogen-bond acceptors (Lipinski definition) is 4. The number of halogens is 1. The van der Waals surface area contributed by atoms with Crippen molar-refractivity contribution in [2.45, 2.75) is 13.1 Å². The average Bonchev–Trinajstić information content (AvgIpc) is 2.74. The molecule has 0 N–H and O–H groups in total. The maximum absolute atomic E-state index is 5.68. The van der Waals surface area contributed by atoms with E-state index in [1.54, 1.807) is 23.7 Å². The molecule has 0 amide bonds. The molecule has 0 aliphatic heterocycles. The van der Waals surface area contributed by atoms with Crippen LogP contribution in [0.3, 0.4) is 0 Å². The second-order valence-electron chi connectivity index (χ2n) is 3.58. The second-order valence-corrected chi connectivity index (χ2v) is 5.00. The van der Waals surface area contributed by atoms with Gasteiger partial charge < -0.3 is 0 Å². The maximum atomic E-state index is 5.68. The molecule has 0 aliphatic rings. The van der Waals surface area contributed by atoms with Gasteiger partial charge in [-0.25, -0.2) is 4.98 Å². The van der Waals surface area contributed by atoms with E-state index in [9.17, 15) is 0 Å². The van der Waals surface area contributed by atoms with Crippen molar-refractivity contribution in [1.29, 1.82) is 0 Å². The van der Waals surface area contributed by atoms with Crippen molar-refractivity contribution in [2.75, 3.05) is 7.05 Å². The topological polar surface area (TPSA) is 29.0 Å². The van der Waals surface area contributed by atoms with Gasteiger partial charge in [-0.1, -0.05) is 17.7 Å². The molecule has 0 bridgehead atoms. The van der Waals surface area contributed by atoms with Crippen LogP contribution in [0.1, 0.15) is 10.6 Å². The zero-order valence-electron chi connectivity index (χ0n) is 8.93. The molecule has 0 aliphatic carbocycles. The van der Waals surface area contributed by atoms with Gasteiger partial charge in [0.25, 0.3) is 0 Å². The van der Waals surface area contributed by atoms with Gasteiger partial charge in [-0.2, -0.15) is 0 Å². The van der Waals surface area contributed by atoms with Gasteiger partial charge in [0.15, 0.2) is 0 Å². The lowest BCUT2D eigenvalue weighted by atomic mass is 10.4. The Morgan fingerprint density at radius 3 is 2.81 bits per heavy atom. The molecule has 2 rings (SSSR count). The number of thiophene rings is 1. The maximum Gasteiger partial charge on any atom is 0.147 e. The zero-order valence-corrected chi connectivity index (χ0v) is 10.5. The Bertz CT molecular complexity index is 427. The fraction of sp³-hybridized carbons (Fsp3) is 0.273. The van der Waals surface area contributed by atoms with Crippen molar-refractivity contribution in [3.05, 3.63) is 45.6 Å². The number of hydrogen-bond donors (Lipinski definition) is 0. The van der Waals surface area contributed by atoms with Gasteiger partial charge in [-0.15, -0.1) is 11.3 Å². The molecule has 2 aromatic rings. The lowest BCUT2D eigenvalue weighted by molar-refractivity contribution is 0.317. The number of nitrogens with zero attached hydrogens (tertiary/aromatic N) is 3. The minimum absolute atomic E-state index is 0.435. The quantitative estimate of drug-likeness (QED) is 0.839. The first kappa shape index (κ1) is 11.5. The molecule has 0 spiro atoms. The second kappa shape index (κ2) is 5.39. The summed E-state index contributed by atoms with van der Waals surface area (Å²) in [5, 5.41) is 2.52. The molecule has 0 saturated carbocycles. The Morgan fingerprint density at radius 1 is 1.31 bits per heavy atom. The molecule has 2 aromatic heterocycles. The molecule has 0 unspecified atom stereocenters. The van der Waals surface area contributed by atoms with Crippen molar-refractivity contribution in [1.82, 2.24) is 14.9 Å². The number of rotatable bonds is 4. The van der Waals surface area contributed by atoms with Gasteiger partial charge >= 0.3 is 0 Å². The van der Waals surface area contributed by atoms with Crippen LogP contribution < -0.4 is 0 Å². The van der Waals surface area contributed by atoms with Crippen molar-refractivity contribution < 1.29 is 0 Å². The van der Waals surface area contributed by atoms with Crippen LogP contribution in [-0.4, -0.2) is 21.9 Å². The Hall–Kier alpha value is -0.970. The summed E-state index contributed by atoms with van der Waals surface area (Å²) in [5.74, 6) is 0. The summed E-state index contributed by atoms with van der Waals surface area (Å²) in [6, 6.07) is 4.20. The molecular weight excluding hydrogens is 242 g/mol. The summed E-state index contributed by atoms with van der Waals surface area (Å²) in [4.78, 5) is 11.8. The van der Waals surface area contributed by atoms with E-state index in [1.165, 1.54) is 4.88 Å². The van der Waals surface area contributed by atoms with E-state index >= 15 is 0 Å². The largest absolute Gasteiger partial charge is 0.295 e. The lowest BCUT2D eigenvalue weighted by Gasteiger charge is -2.14. The van der Waals surface area contributed by atoms with E-state index < -0.39 is 0 Å². The minimum atomic E-state index is 0.435. The highest BCUT2D eigenvalue weighted by Crippen LogP contribution is 2.12. The van der Waals surface area contributed by atoms with Crippen molar-refractivity contribution in [3.8, 4) is 0 Å².